The Morgan fingerprint density at radius 3 is 2.15 bits per heavy atom. The molecule has 3 fully saturated rings. The van der Waals surface area contributed by atoms with Crippen LogP contribution >= 0.6 is 0 Å². The molecule has 7 heteroatoms. The Bertz CT molecular complexity index is 385. The fourth-order valence-electron chi connectivity index (χ4n) is 3.08. The number of rotatable bonds is 2. The van der Waals surface area contributed by atoms with Gasteiger partial charge in [-0.25, -0.2) is 0 Å². The number of ether oxygens (including phenoxy) is 5. The third-order valence-electron chi connectivity index (χ3n) is 3.83. The Morgan fingerprint density at radius 2 is 1.60 bits per heavy atom. The standard InChI is InChI=1S/C13H23NO6/c1-12(2)16-6-7(18-12)8-9-10(11(17-8)14(5)15)20-13(3,4)19-9/h7-11,15H,6H2,1-5H3/t7-,8-,9+,10+,11+/m1/s1. The third-order valence-corrected chi connectivity index (χ3v) is 3.83. The van der Waals surface area contributed by atoms with Gasteiger partial charge in [0.25, 0.3) is 0 Å². The van der Waals surface area contributed by atoms with Gasteiger partial charge in [-0.1, -0.05) is 0 Å². The number of hydrogen-bond acceptors (Lipinski definition) is 7. The maximum absolute atomic E-state index is 9.73. The zero-order valence-electron chi connectivity index (χ0n) is 12.5. The van der Waals surface area contributed by atoms with Gasteiger partial charge in [0, 0.05) is 7.05 Å². The number of nitrogens with zero attached hydrogens (tertiary/aromatic N) is 1. The van der Waals surface area contributed by atoms with Crippen molar-refractivity contribution in [3.8, 4) is 0 Å². The highest BCUT2D eigenvalue weighted by atomic mass is 16.8. The smallest absolute Gasteiger partial charge is 0.164 e. The molecule has 3 saturated heterocycles. The van der Waals surface area contributed by atoms with Gasteiger partial charge in [-0.05, 0) is 27.7 Å². The SMILES string of the molecule is CN(O)[C@H]1O[C@H]([C@H]2COC(C)(C)O2)[C@@H]2OC(C)(C)O[C@@H]21. The summed E-state index contributed by atoms with van der Waals surface area (Å²) in [5.41, 5.74) is 0. The van der Waals surface area contributed by atoms with E-state index in [0.717, 1.165) is 5.06 Å². The lowest BCUT2D eigenvalue weighted by Crippen LogP contribution is -2.40. The minimum Gasteiger partial charge on any atom is -0.349 e. The first-order chi connectivity index (χ1) is 9.19. The van der Waals surface area contributed by atoms with Gasteiger partial charge in [-0.15, -0.1) is 0 Å². The number of hydrogen-bond donors (Lipinski definition) is 1. The average Bonchev–Trinajstić information content (AvgIpc) is 2.88. The molecule has 0 unspecified atom stereocenters. The molecule has 0 radical (unpaired) electrons. The van der Waals surface area contributed by atoms with Crippen molar-refractivity contribution >= 4 is 0 Å². The molecule has 0 bridgehead atoms. The van der Waals surface area contributed by atoms with Crippen molar-refractivity contribution in [2.75, 3.05) is 13.7 Å². The van der Waals surface area contributed by atoms with Gasteiger partial charge < -0.3 is 28.9 Å². The van der Waals surface area contributed by atoms with Crippen LogP contribution < -0.4 is 0 Å². The van der Waals surface area contributed by atoms with Crippen LogP contribution in [0.15, 0.2) is 0 Å². The summed E-state index contributed by atoms with van der Waals surface area (Å²) >= 11 is 0. The molecule has 3 aliphatic rings. The number of fused-ring (bicyclic) bond motifs is 1. The normalized spacial score (nSPS) is 46.0. The van der Waals surface area contributed by atoms with E-state index in [9.17, 15) is 5.21 Å². The predicted octanol–water partition coefficient (Wildman–Crippen LogP) is 0.704. The van der Waals surface area contributed by atoms with Crippen molar-refractivity contribution in [2.24, 2.45) is 0 Å². The predicted molar refractivity (Wildman–Crippen MR) is 66.9 cm³/mol. The van der Waals surface area contributed by atoms with Crippen molar-refractivity contribution in [3.63, 3.8) is 0 Å². The Labute approximate surface area is 118 Å². The molecule has 0 saturated carbocycles. The van der Waals surface area contributed by atoms with Crippen LogP contribution in [0.25, 0.3) is 0 Å². The largest absolute Gasteiger partial charge is 0.349 e. The molecule has 0 amide bonds. The fraction of sp³-hybridized carbons (Fsp3) is 1.00. The highest BCUT2D eigenvalue weighted by Gasteiger charge is 2.59. The number of hydroxylamine groups is 2. The summed E-state index contributed by atoms with van der Waals surface area (Å²) in [6, 6.07) is 0. The Hall–Kier alpha value is -0.280. The lowest BCUT2D eigenvalue weighted by atomic mass is 10.1. The van der Waals surface area contributed by atoms with E-state index in [-0.39, 0.29) is 24.4 Å². The molecular formula is C13H23NO6. The van der Waals surface area contributed by atoms with Crippen molar-refractivity contribution in [1.29, 1.82) is 0 Å². The van der Waals surface area contributed by atoms with Gasteiger partial charge in [0.15, 0.2) is 17.8 Å². The average molecular weight is 289 g/mol. The van der Waals surface area contributed by atoms with E-state index >= 15 is 0 Å². The highest BCUT2D eigenvalue weighted by molar-refractivity contribution is 5.00. The van der Waals surface area contributed by atoms with E-state index in [1.54, 1.807) is 0 Å². The highest BCUT2D eigenvalue weighted by Crippen LogP contribution is 2.42. The summed E-state index contributed by atoms with van der Waals surface area (Å²) in [5.74, 6) is -1.32. The first-order valence-corrected chi connectivity index (χ1v) is 6.93. The van der Waals surface area contributed by atoms with Gasteiger partial charge >= 0.3 is 0 Å². The summed E-state index contributed by atoms with van der Waals surface area (Å²) < 4.78 is 29.1. The lowest BCUT2D eigenvalue weighted by Gasteiger charge is -2.28. The van der Waals surface area contributed by atoms with Crippen LogP contribution in [0.2, 0.25) is 0 Å². The summed E-state index contributed by atoms with van der Waals surface area (Å²) in [5, 5.41) is 10.8. The Morgan fingerprint density at radius 1 is 0.950 bits per heavy atom. The Kier molecular flexibility index (Phi) is 3.37. The third kappa shape index (κ3) is 2.48. The van der Waals surface area contributed by atoms with Crippen molar-refractivity contribution in [2.45, 2.75) is 69.9 Å². The van der Waals surface area contributed by atoms with Gasteiger partial charge in [0.1, 0.15) is 24.4 Å². The van der Waals surface area contributed by atoms with Crippen molar-refractivity contribution in [1.82, 2.24) is 5.06 Å². The molecule has 0 aromatic heterocycles. The first-order valence-electron chi connectivity index (χ1n) is 6.93. The number of likely N-dealkylation sites (N-methyl/N-ethyl adjacent to an activating group) is 1. The zero-order chi connectivity index (χ0) is 14.7. The van der Waals surface area contributed by atoms with Gasteiger partial charge in [0.2, 0.25) is 0 Å². The van der Waals surface area contributed by atoms with E-state index in [0.29, 0.717) is 6.61 Å². The van der Waals surface area contributed by atoms with Crippen LogP contribution in [-0.4, -0.2) is 66.1 Å². The van der Waals surface area contributed by atoms with Crippen molar-refractivity contribution < 1.29 is 28.9 Å². The Balaban J connectivity index is 1.79. The first kappa shape index (κ1) is 14.6. The molecule has 0 spiro atoms. The monoisotopic (exact) mass is 289 g/mol. The molecule has 20 heavy (non-hydrogen) atoms. The topological polar surface area (TPSA) is 69.6 Å². The lowest BCUT2D eigenvalue weighted by molar-refractivity contribution is -0.262. The molecule has 1 N–H and O–H groups in total. The van der Waals surface area contributed by atoms with Gasteiger partial charge in [-0.2, -0.15) is 5.06 Å². The van der Waals surface area contributed by atoms with E-state index in [1.165, 1.54) is 7.05 Å². The molecule has 3 rings (SSSR count). The summed E-state index contributed by atoms with van der Waals surface area (Å²) in [4.78, 5) is 0. The molecular weight excluding hydrogens is 266 g/mol. The minimum absolute atomic E-state index is 0.236. The summed E-state index contributed by atoms with van der Waals surface area (Å²) in [7, 11) is 1.54. The van der Waals surface area contributed by atoms with Crippen LogP contribution in [-0.2, 0) is 23.7 Å². The van der Waals surface area contributed by atoms with Gasteiger partial charge in [-0.3, -0.25) is 0 Å². The minimum atomic E-state index is -0.694. The van der Waals surface area contributed by atoms with Crippen LogP contribution in [0, 0.1) is 0 Å². The second-order valence-electron chi connectivity index (χ2n) is 6.50. The summed E-state index contributed by atoms with van der Waals surface area (Å²) in [6.07, 6.45) is -1.77. The van der Waals surface area contributed by atoms with E-state index in [1.807, 2.05) is 27.7 Å². The fourth-order valence-corrected chi connectivity index (χ4v) is 3.08. The molecule has 7 nitrogen and oxygen atoms in total. The van der Waals surface area contributed by atoms with E-state index < -0.39 is 17.8 Å². The second-order valence-corrected chi connectivity index (χ2v) is 6.50. The van der Waals surface area contributed by atoms with Crippen molar-refractivity contribution in [3.05, 3.63) is 0 Å². The molecule has 5 atom stereocenters. The molecule has 3 heterocycles. The maximum Gasteiger partial charge on any atom is 0.164 e. The summed E-state index contributed by atoms with van der Waals surface area (Å²) in [6.45, 7) is 7.88. The van der Waals surface area contributed by atoms with Crippen LogP contribution in [0.1, 0.15) is 27.7 Å². The van der Waals surface area contributed by atoms with Crippen LogP contribution in [0.4, 0.5) is 0 Å². The van der Waals surface area contributed by atoms with Crippen LogP contribution in [0.5, 0.6) is 0 Å². The zero-order valence-corrected chi connectivity index (χ0v) is 12.5. The molecule has 0 aromatic carbocycles. The molecule has 0 aliphatic carbocycles. The van der Waals surface area contributed by atoms with E-state index in [4.69, 9.17) is 23.7 Å². The molecule has 3 aliphatic heterocycles. The van der Waals surface area contributed by atoms with E-state index in [2.05, 4.69) is 0 Å². The molecule has 0 aromatic rings. The molecule has 116 valence electrons. The van der Waals surface area contributed by atoms with Crippen LogP contribution in [0.3, 0.4) is 0 Å². The maximum atomic E-state index is 9.73. The second kappa shape index (κ2) is 4.61. The quantitative estimate of drug-likeness (QED) is 0.750. The van der Waals surface area contributed by atoms with Gasteiger partial charge in [0.05, 0.1) is 6.61 Å².